The summed E-state index contributed by atoms with van der Waals surface area (Å²) in [6.45, 7) is 10.4. The molecule has 3 fully saturated rings. The molecule has 0 bridgehead atoms. The van der Waals surface area contributed by atoms with Crippen molar-refractivity contribution in [1.29, 1.82) is 0 Å². The Morgan fingerprint density at radius 1 is 1.07 bits per heavy atom. The normalized spacial score (nSPS) is 30.7. The molecule has 8 atom stereocenters. The molecular weight excluding hydrogens is 580 g/mol. The number of esters is 1. The van der Waals surface area contributed by atoms with E-state index in [0.717, 1.165) is 37.7 Å². The quantitative estimate of drug-likeness (QED) is 0.0749. The average molecular weight is 633 g/mol. The van der Waals surface area contributed by atoms with E-state index in [-0.39, 0.29) is 66.6 Å². The van der Waals surface area contributed by atoms with Crippen molar-refractivity contribution in [3.63, 3.8) is 0 Å². The van der Waals surface area contributed by atoms with Crippen LogP contribution in [0.25, 0.3) is 0 Å². The van der Waals surface area contributed by atoms with Crippen LogP contribution in [0, 0.1) is 5.92 Å². The summed E-state index contributed by atoms with van der Waals surface area (Å²) in [5.74, 6) is -1.24. The number of unbranched alkanes of at least 4 members (excludes halogenated alkanes) is 2. The highest BCUT2D eigenvalue weighted by Crippen LogP contribution is 2.43. The number of hydrogen-bond acceptors (Lipinski definition) is 8. The predicted molar refractivity (Wildman–Crippen MR) is 168 cm³/mol. The number of hydrogen-bond donors (Lipinski definition) is 3. The molecule has 0 aromatic heterocycles. The van der Waals surface area contributed by atoms with E-state index in [1.54, 1.807) is 13.0 Å². The Kier molecular flexibility index (Phi) is 14.3. The second kappa shape index (κ2) is 17.6. The Bertz CT molecular complexity index is 1110. The first-order valence-electron chi connectivity index (χ1n) is 16.3. The lowest BCUT2D eigenvalue weighted by molar-refractivity contribution is -0.143. The first-order chi connectivity index (χ1) is 21.3. The third-order valence-corrected chi connectivity index (χ3v) is 8.56. The molecule has 2 amide bonds. The number of rotatable bonds is 16. The van der Waals surface area contributed by atoms with Crippen LogP contribution < -0.4 is 10.6 Å². The average Bonchev–Trinajstić information content (AvgIpc) is 3.70. The number of allylic oxidation sites excluding steroid dienone is 2. The van der Waals surface area contributed by atoms with Gasteiger partial charge in [-0.2, -0.15) is 0 Å². The highest BCUT2D eigenvalue weighted by atomic mass is 16.6. The van der Waals surface area contributed by atoms with E-state index in [2.05, 4.69) is 35.8 Å². The highest BCUT2D eigenvalue weighted by molar-refractivity contribution is 5.87. The molecule has 3 rings (SSSR count). The molecule has 0 aliphatic carbocycles. The zero-order valence-electron chi connectivity index (χ0n) is 27.4. The maximum atomic E-state index is 12.5. The van der Waals surface area contributed by atoms with Crippen LogP contribution in [0.15, 0.2) is 36.0 Å². The van der Waals surface area contributed by atoms with Crippen LogP contribution in [0.4, 0.5) is 0 Å². The molecule has 3 aliphatic rings. The number of ether oxygens (including phenoxy) is 4. The molecule has 1 unspecified atom stereocenters. The number of amides is 2. The molecule has 45 heavy (non-hydrogen) atoms. The summed E-state index contributed by atoms with van der Waals surface area (Å²) < 4.78 is 23.4. The van der Waals surface area contributed by atoms with Crippen LogP contribution in [0.3, 0.4) is 0 Å². The molecule has 3 heterocycles. The largest absolute Gasteiger partial charge is 0.481 e. The number of aliphatic carboxylic acids is 1. The van der Waals surface area contributed by atoms with Crippen molar-refractivity contribution in [3.8, 4) is 0 Å². The summed E-state index contributed by atoms with van der Waals surface area (Å²) in [6.07, 6.45) is 13.9. The number of carboxylic acid groups (broad SMARTS) is 1. The minimum atomic E-state index is -0.793. The fraction of sp³-hybridized carbons (Fsp3) is 0.706. The Hall–Kier alpha value is -3.02. The van der Waals surface area contributed by atoms with E-state index in [1.165, 1.54) is 13.0 Å². The van der Waals surface area contributed by atoms with Crippen molar-refractivity contribution in [2.75, 3.05) is 13.2 Å². The molecule has 0 radical (unpaired) electrons. The second-order valence-electron chi connectivity index (χ2n) is 12.9. The summed E-state index contributed by atoms with van der Waals surface area (Å²) >= 11 is 0. The first kappa shape index (κ1) is 36.4. The molecule has 11 heteroatoms. The molecule has 1 spiro atoms. The lowest BCUT2D eigenvalue weighted by atomic mass is 9.88. The van der Waals surface area contributed by atoms with Gasteiger partial charge >= 0.3 is 11.9 Å². The molecule has 252 valence electrons. The number of epoxide rings is 1. The summed E-state index contributed by atoms with van der Waals surface area (Å²) in [4.78, 5) is 46.5. The van der Waals surface area contributed by atoms with Gasteiger partial charge in [0.2, 0.25) is 11.8 Å². The van der Waals surface area contributed by atoms with Gasteiger partial charge in [-0.25, -0.2) is 0 Å². The highest BCUT2D eigenvalue weighted by Gasteiger charge is 2.51. The Morgan fingerprint density at radius 2 is 1.82 bits per heavy atom. The van der Waals surface area contributed by atoms with Gasteiger partial charge in [-0.15, -0.1) is 0 Å². The van der Waals surface area contributed by atoms with E-state index in [0.29, 0.717) is 26.0 Å². The van der Waals surface area contributed by atoms with Gasteiger partial charge in [0.05, 0.1) is 49.1 Å². The molecule has 3 saturated heterocycles. The smallest absolute Gasteiger partial charge is 0.303 e. The minimum Gasteiger partial charge on any atom is -0.481 e. The van der Waals surface area contributed by atoms with Gasteiger partial charge in [0.15, 0.2) is 0 Å². The standard InChI is InChI=1S/C34H52N2O9/c1-22(11-14-30-23(2)17-29(25(4)44-30)36-31(38)15-12-24(3)43-26(5)37)10-13-27-19-34(21-42-34)20-28(45-27)18-32(39)35-16-8-6-7-9-33(40)41/h10-13,15,23-25,27-30H,6-9,14,16-21H2,1-5H3,(H,35,39)(H,36,38)(H,40,41)/b13-10+,15-12-,22-11+/t23-,24-,25+,27+,28+,29+,30-,34?/m0/s1. The third kappa shape index (κ3) is 13.5. The van der Waals surface area contributed by atoms with Gasteiger partial charge in [0.25, 0.3) is 0 Å². The Balaban J connectivity index is 1.42. The van der Waals surface area contributed by atoms with Gasteiger partial charge < -0.3 is 34.7 Å². The van der Waals surface area contributed by atoms with Crippen LogP contribution in [0.1, 0.15) is 92.4 Å². The second-order valence-corrected chi connectivity index (χ2v) is 12.9. The lowest BCUT2D eigenvalue weighted by Crippen LogP contribution is -2.50. The number of carbonyl (C=O) groups is 4. The fourth-order valence-electron chi connectivity index (χ4n) is 5.96. The topological polar surface area (TPSA) is 153 Å². The van der Waals surface area contributed by atoms with E-state index in [4.69, 9.17) is 24.1 Å². The number of carboxylic acids is 1. The number of carbonyl (C=O) groups excluding carboxylic acids is 3. The molecule has 11 nitrogen and oxygen atoms in total. The third-order valence-electron chi connectivity index (χ3n) is 8.56. The van der Waals surface area contributed by atoms with Gasteiger partial charge in [-0.05, 0) is 58.4 Å². The van der Waals surface area contributed by atoms with Crippen molar-refractivity contribution < 1.29 is 43.2 Å². The summed E-state index contributed by atoms with van der Waals surface area (Å²) in [7, 11) is 0. The van der Waals surface area contributed by atoms with E-state index in [1.807, 2.05) is 13.8 Å². The van der Waals surface area contributed by atoms with Crippen molar-refractivity contribution in [2.24, 2.45) is 5.92 Å². The maximum Gasteiger partial charge on any atom is 0.303 e. The minimum absolute atomic E-state index is 0.0326. The predicted octanol–water partition coefficient (Wildman–Crippen LogP) is 4.15. The zero-order valence-corrected chi connectivity index (χ0v) is 27.4. The summed E-state index contributed by atoms with van der Waals surface area (Å²) in [5.41, 5.74) is 0.897. The summed E-state index contributed by atoms with van der Waals surface area (Å²) in [6, 6.07) is -0.110. The Labute approximate surface area is 267 Å². The molecule has 0 aromatic rings. The van der Waals surface area contributed by atoms with Crippen molar-refractivity contribution >= 4 is 23.8 Å². The first-order valence-corrected chi connectivity index (χ1v) is 16.3. The van der Waals surface area contributed by atoms with E-state index in [9.17, 15) is 19.2 Å². The molecular formula is C34H52N2O9. The van der Waals surface area contributed by atoms with Gasteiger partial charge in [-0.3, -0.25) is 19.2 Å². The van der Waals surface area contributed by atoms with Crippen LogP contribution in [0.5, 0.6) is 0 Å². The van der Waals surface area contributed by atoms with Crippen LogP contribution in [0.2, 0.25) is 0 Å². The molecule has 0 aromatic carbocycles. The lowest BCUT2D eigenvalue weighted by Gasteiger charge is -2.39. The molecule has 3 N–H and O–H groups in total. The monoisotopic (exact) mass is 632 g/mol. The zero-order chi connectivity index (χ0) is 33.0. The van der Waals surface area contributed by atoms with Crippen molar-refractivity contribution in [1.82, 2.24) is 10.6 Å². The van der Waals surface area contributed by atoms with Crippen LogP contribution in [-0.4, -0.2) is 84.2 Å². The van der Waals surface area contributed by atoms with Crippen molar-refractivity contribution in [2.45, 2.75) is 135 Å². The van der Waals surface area contributed by atoms with Gasteiger partial charge in [0, 0.05) is 38.8 Å². The Morgan fingerprint density at radius 3 is 2.51 bits per heavy atom. The van der Waals surface area contributed by atoms with Crippen molar-refractivity contribution in [3.05, 3.63) is 36.0 Å². The SMILES string of the molecule is CC(=O)O[C@@H](C)/C=C\C(=O)N[C@@H]1C[C@H](C)[C@H](C/C=C(C)/C=C/[C@@H]2CC3(CO3)C[C@@H](CC(=O)NCCCCCC(=O)O)O2)O[C@@H]1C. The van der Waals surface area contributed by atoms with E-state index < -0.39 is 18.0 Å². The number of nitrogens with one attached hydrogen (secondary N) is 2. The summed E-state index contributed by atoms with van der Waals surface area (Å²) in [5, 5.41) is 14.7. The van der Waals surface area contributed by atoms with E-state index >= 15 is 0 Å². The van der Waals surface area contributed by atoms with Crippen LogP contribution >= 0.6 is 0 Å². The molecule has 3 aliphatic heterocycles. The van der Waals surface area contributed by atoms with Gasteiger partial charge in [-0.1, -0.05) is 37.1 Å². The van der Waals surface area contributed by atoms with Gasteiger partial charge in [0.1, 0.15) is 6.10 Å². The maximum absolute atomic E-state index is 12.5. The fourth-order valence-corrected chi connectivity index (χ4v) is 5.96. The van der Waals surface area contributed by atoms with Crippen LogP contribution in [-0.2, 0) is 38.1 Å². The molecule has 0 saturated carbocycles.